The fourth-order valence-corrected chi connectivity index (χ4v) is 2.90. The van der Waals surface area contributed by atoms with Crippen molar-refractivity contribution in [2.75, 3.05) is 0 Å². The first-order valence-corrected chi connectivity index (χ1v) is 7.22. The second-order valence-corrected chi connectivity index (χ2v) is 5.28. The quantitative estimate of drug-likeness (QED) is 0.445. The van der Waals surface area contributed by atoms with Crippen molar-refractivity contribution in [1.82, 2.24) is 0 Å². The van der Waals surface area contributed by atoms with Gasteiger partial charge in [-0.2, -0.15) is 0 Å². The fraction of sp³-hybridized carbons (Fsp3) is 0. The lowest BCUT2D eigenvalue weighted by atomic mass is 9.93. The lowest BCUT2D eigenvalue weighted by Gasteiger charge is -2.10. The van der Waals surface area contributed by atoms with Crippen molar-refractivity contribution in [3.63, 3.8) is 0 Å². The van der Waals surface area contributed by atoms with Crippen molar-refractivity contribution in [2.45, 2.75) is 0 Å². The molecule has 0 saturated heterocycles. The van der Waals surface area contributed by atoms with Gasteiger partial charge in [-0.25, -0.2) is 0 Å². The van der Waals surface area contributed by atoms with E-state index in [1.807, 2.05) is 0 Å². The zero-order valence-electron chi connectivity index (χ0n) is 11.7. The van der Waals surface area contributed by atoms with Crippen molar-refractivity contribution in [2.24, 2.45) is 0 Å². The molecular formula is C21H15. The number of benzene rings is 3. The van der Waals surface area contributed by atoms with E-state index in [4.69, 9.17) is 0 Å². The molecule has 0 heterocycles. The van der Waals surface area contributed by atoms with E-state index >= 15 is 0 Å². The summed E-state index contributed by atoms with van der Waals surface area (Å²) >= 11 is 0. The highest BCUT2D eigenvalue weighted by atomic mass is 14.2. The molecule has 1 aliphatic carbocycles. The van der Waals surface area contributed by atoms with Gasteiger partial charge in [0.05, 0.1) is 0 Å². The lowest BCUT2D eigenvalue weighted by molar-refractivity contribution is 1.41. The molecule has 1 aliphatic rings. The minimum absolute atomic E-state index is 1.26. The van der Waals surface area contributed by atoms with Crippen LogP contribution in [0.25, 0.3) is 11.6 Å². The molecule has 0 heteroatoms. The first-order chi connectivity index (χ1) is 10.4. The van der Waals surface area contributed by atoms with Gasteiger partial charge in [-0.15, -0.1) is 0 Å². The Labute approximate surface area is 125 Å². The van der Waals surface area contributed by atoms with Gasteiger partial charge >= 0.3 is 0 Å². The molecule has 0 aromatic heterocycles. The van der Waals surface area contributed by atoms with Gasteiger partial charge in [0.25, 0.3) is 0 Å². The van der Waals surface area contributed by atoms with Crippen molar-refractivity contribution in [1.29, 1.82) is 0 Å². The van der Waals surface area contributed by atoms with E-state index in [0.717, 1.165) is 0 Å². The Morgan fingerprint density at radius 2 is 1.10 bits per heavy atom. The van der Waals surface area contributed by atoms with E-state index in [1.54, 1.807) is 0 Å². The number of rotatable bonds is 1. The molecule has 0 N–H and O–H groups in total. The van der Waals surface area contributed by atoms with Crippen LogP contribution < -0.4 is 0 Å². The smallest absolute Gasteiger partial charge is 0.0211 e. The van der Waals surface area contributed by atoms with Crippen LogP contribution >= 0.6 is 0 Å². The van der Waals surface area contributed by atoms with E-state index in [0.29, 0.717) is 0 Å². The molecule has 3 aromatic carbocycles. The summed E-state index contributed by atoms with van der Waals surface area (Å²) < 4.78 is 0. The van der Waals surface area contributed by atoms with E-state index in [-0.39, 0.29) is 0 Å². The molecule has 0 nitrogen and oxygen atoms in total. The van der Waals surface area contributed by atoms with E-state index in [2.05, 4.69) is 91.4 Å². The maximum atomic E-state index is 2.30. The van der Waals surface area contributed by atoms with Crippen molar-refractivity contribution < 1.29 is 0 Å². The fourth-order valence-electron chi connectivity index (χ4n) is 2.90. The van der Waals surface area contributed by atoms with Crippen LogP contribution in [-0.2, 0) is 0 Å². The Bertz CT molecular complexity index is 810. The first-order valence-electron chi connectivity index (χ1n) is 7.22. The lowest BCUT2D eigenvalue weighted by Crippen LogP contribution is -1.92. The summed E-state index contributed by atoms with van der Waals surface area (Å²) in [4.78, 5) is 0. The highest BCUT2D eigenvalue weighted by Crippen LogP contribution is 2.34. The number of hydrogen-bond acceptors (Lipinski definition) is 0. The molecule has 0 amide bonds. The third-order valence-corrected chi connectivity index (χ3v) is 3.94. The molecule has 0 fully saturated rings. The summed E-state index contributed by atoms with van der Waals surface area (Å²) in [6.07, 6.45) is 4.57. The van der Waals surface area contributed by atoms with Gasteiger partial charge < -0.3 is 0 Å². The topological polar surface area (TPSA) is 0 Å². The Balaban J connectivity index is 2.00. The molecule has 0 bridgehead atoms. The van der Waals surface area contributed by atoms with Crippen LogP contribution in [0.2, 0.25) is 0 Å². The molecule has 0 aliphatic heterocycles. The second kappa shape index (κ2) is 5.06. The third kappa shape index (κ3) is 2.19. The van der Waals surface area contributed by atoms with Crippen LogP contribution in [0.1, 0.15) is 27.8 Å². The molecule has 99 valence electrons. The standard InChI is InChI=1S/C21H15/c1-2-8-16(9-3-1)21-15-18-11-5-4-10-17(18)14-19-12-6-7-13-20(19)21/h1-15H. The van der Waals surface area contributed by atoms with Crippen molar-refractivity contribution in [3.05, 3.63) is 113 Å². The van der Waals surface area contributed by atoms with E-state index in [9.17, 15) is 0 Å². The average Bonchev–Trinajstić information content (AvgIpc) is 2.72. The molecule has 0 unspecified atom stereocenters. The van der Waals surface area contributed by atoms with Gasteiger partial charge in [-0.1, -0.05) is 78.9 Å². The van der Waals surface area contributed by atoms with E-state index in [1.165, 1.54) is 33.4 Å². The largest absolute Gasteiger partial charge is 0.0622 e. The monoisotopic (exact) mass is 267 g/mol. The van der Waals surface area contributed by atoms with Crippen molar-refractivity contribution >= 4 is 11.6 Å². The summed E-state index contributed by atoms with van der Waals surface area (Å²) in [6.45, 7) is 0. The van der Waals surface area contributed by atoms with Crippen LogP contribution in [0.5, 0.6) is 0 Å². The molecule has 0 saturated carbocycles. The van der Waals surface area contributed by atoms with Crippen LogP contribution in [0.4, 0.5) is 0 Å². The van der Waals surface area contributed by atoms with Gasteiger partial charge in [0, 0.05) is 6.42 Å². The Morgan fingerprint density at radius 3 is 1.90 bits per heavy atom. The Morgan fingerprint density at radius 1 is 0.476 bits per heavy atom. The molecule has 3 aromatic rings. The first kappa shape index (κ1) is 12.2. The summed E-state index contributed by atoms with van der Waals surface area (Å²) in [5, 5.41) is 0. The molecular weight excluding hydrogens is 252 g/mol. The van der Waals surface area contributed by atoms with Gasteiger partial charge in [0.1, 0.15) is 0 Å². The normalized spacial score (nSPS) is 12.9. The SMILES string of the molecule is [CH]1c2ccccc2C=C(c2ccccc2)c2ccccc21. The third-order valence-electron chi connectivity index (χ3n) is 3.94. The predicted octanol–water partition coefficient (Wildman–Crippen LogP) is 5.19. The highest BCUT2D eigenvalue weighted by Gasteiger charge is 2.15. The van der Waals surface area contributed by atoms with Crippen LogP contribution in [0, 0.1) is 6.42 Å². The van der Waals surface area contributed by atoms with Gasteiger partial charge in [-0.3, -0.25) is 0 Å². The van der Waals surface area contributed by atoms with Crippen molar-refractivity contribution in [3.8, 4) is 0 Å². The molecule has 0 atom stereocenters. The predicted molar refractivity (Wildman–Crippen MR) is 88.8 cm³/mol. The van der Waals surface area contributed by atoms with E-state index < -0.39 is 0 Å². The second-order valence-electron chi connectivity index (χ2n) is 5.28. The van der Waals surface area contributed by atoms with Gasteiger partial charge in [0.2, 0.25) is 0 Å². The summed E-state index contributed by atoms with van der Waals surface area (Å²) in [5.41, 5.74) is 7.66. The maximum Gasteiger partial charge on any atom is 0.0211 e. The molecule has 0 spiro atoms. The van der Waals surface area contributed by atoms with Crippen LogP contribution in [-0.4, -0.2) is 0 Å². The molecule has 1 radical (unpaired) electrons. The van der Waals surface area contributed by atoms with Crippen LogP contribution in [0.3, 0.4) is 0 Å². The summed E-state index contributed by atoms with van der Waals surface area (Å²) in [7, 11) is 0. The zero-order valence-corrected chi connectivity index (χ0v) is 11.7. The number of hydrogen-bond donors (Lipinski definition) is 0. The van der Waals surface area contributed by atoms with Crippen LogP contribution in [0.15, 0.2) is 78.9 Å². The summed E-state index contributed by atoms with van der Waals surface area (Å²) in [6, 6.07) is 27.8. The Hall–Kier alpha value is -2.60. The Kier molecular flexibility index (Phi) is 2.93. The minimum Gasteiger partial charge on any atom is -0.0622 e. The average molecular weight is 267 g/mol. The van der Waals surface area contributed by atoms with Gasteiger partial charge in [-0.05, 0) is 39.5 Å². The zero-order chi connectivity index (χ0) is 14.1. The summed E-state index contributed by atoms with van der Waals surface area (Å²) in [5.74, 6) is 0. The highest BCUT2D eigenvalue weighted by molar-refractivity contribution is 5.95. The number of fused-ring (bicyclic) bond motifs is 2. The molecule has 4 rings (SSSR count). The maximum absolute atomic E-state index is 2.30. The molecule has 21 heavy (non-hydrogen) atoms. The minimum atomic E-state index is 1.26. The van der Waals surface area contributed by atoms with Gasteiger partial charge in [0.15, 0.2) is 0 Å².